The van der Waals surface area contributed by atoms with Crippen molar-refractivity contribution in [3.05, 3.63) is 29.8 Å². The van der Waals surface area contributed by atoms with E-state index >= 15 is 0 Å². The minimum Gasteiger partial charge on any atom is -0.384 e. The molecule has 2 rings (SSSR count). The normalized spacial score (nSPS) is 19.6. The van der Waals surface area contributed by atoms with E-state index in [1.54, 1.807) is 0 Å². The van der Waals surface area contributed by atoms with Crippen molar-refractivity contribution in [1.82, 2.24) is 5.32 Å². The Morgan fingerprint density at radius 2 is 2.16 bits per heavy atom. The van der Waals surface area contributed by atoms with Gasteiger partial charge in [0.25, 0.3) is 0 Å². The van der Waals surface area contributed by atoms with E-state index in [4.69, 9.17) is 0 Å². The quantitative estimate of drug-likeness (QED) is 0.728. The van der Waals surface area contributed by atoms with E-state index < -0.39 is 0 Å². The van der Waals surface area contributed by atoms with Crippen LogP contribution in [-0.2, 0) is 6.42 Å². The molecule has 0 aliphatic carbocycles. The summed E-state index contributed by atoms with van der Waals surface area (Å²) in [6.45, 7) is 6.82. The highest BCUT2D eigenvalue weighted by Crippen LogP contribution is 2.23. The molecule has 0 aromatic heterocycles. The van der Waals surface area contributed by atoms with Crippen LogP contribution in [0.15, 0.2) is 24.3 Å². The molecule has 0 saturated carbocycles. The summed E-state index contributed by atoms with van der Waals surface area (Å²) in [5.41, 5.74) is 2.80. The van der Waals surface area contributed by atoms with Gasteiger partial charge in [0.05, 0.1) is 0 Å². The van der Waals surface area contributed by atoms with Gasteiger partial charge in [-0.1, -0.05) is 44.4 Å². The second-order valence-electron chi connectivity index (χ2n) is 5.91. The summed E-state index contributed by atoms with van der Waals surface area (Å²) in [5, 5.41) is 7.25. The van der Waals surface area contributed by atoms with Gasteiger partial charge in [-0.3, -0.25) is 0 Å². The maximum Gasteiger partial charge on any atom is 0.0372 e. The van der Waals surface area contributed by atoms with E-state index in [9.17, 15) is 0 Å². The Kier molecular flexibility index (Phi) is 5.71. The van der Waals surface area contributed by atoms with E-state index in [0.717, 1.165) is 19.0 Å². The van der Waals surface area contributed by atoms with Crippen LogP contribution in [0.2, 0.25) is 0 Å². The molecule has 0 amide bonds. The van der Waals surface area contributed by atoms with Crippen LogP contribution in [0.5, 0.6) is 0 Å². The Hall–Kier alpha value is -1.02. The van der Waals surface area contributed by atoms with E-state index in [1.807, 2.05) is 0 Å². The Morgan fingerprint density at radius 1 is 1.32 bits per heavy atom. The van der Waals surface area contributed by atoms with E-state index in [2.05, 4.69) is 48.7 Å². The Bertz CT molecular complexity index is 375. The van der Waals surface area contributed by atoms with Crippen LogP contribution in [-0.4, -0.2) is 19.1 Å². The third kappa shape index (κ3) is 4.54. The van der Waals surface area contributed by atoms with Gasteiger partial charge in [-0.15, -0.1) is 0 Å². The SMILES string of the molecule is CCCCCC(C)NCC1CNc2ccccc2C1. The molecule has 2 unspecified atom stereocenters. The molecule has 1 aliphatic heterocycles. The zero-order chi connectivity index (χ0) is 13.5. The van der Waals surface area contributed by atoms with Crippen molar-refractivity contribution >= 4 is 5.69 Å². The number of nitrogens with one attached hydrogen (secondary N) is 2. The molecule has 1 aliphatic rings. The van der Waals surface area contributed by atoms with Crippen molar-refractivity contribution in [3.8, 4) is 0 Å². The average Bonchev–Trinajstić information content (AvgIpc) is 2.45. The van der Waals surface area contributed by atoms with Crippen LogP contribution in [0.25, 0.3) is 0 Å². The molecule has 0 spiro atoms. The van der Waals surface area contributed by atoms with Crippen molar-refractivity contribution in [2.24, 2.45) is 5.92 Å². The molecule has 1 heterocycles. The lowest BCUT2D eigenvalue weighted by atomic mass is 9.93. The number of fused-ring (bicyclic) bond motifs is 1. The van der Waals surface area contributed by atoms with Crippen LogP contribution >= 0.6 is 0 Å². The maximum atomic E-state index is 3.70. The molecule has 106 valence electrons. The van der Waals surface area contributed by atoms with Gasteiger partial charge in [0.1, 0.15) is 0 Å². The number of hydrogen-bond acceptors (Lipinski definition) is 2. The fourth-order valence-corrected chi connectivity index (χ4v) is 2.82. The fraction of sp³-hybridized carbons (Fsp3) is 0.647. The lowest BCUT2D eigenvalue weighted by Gasteiger charge is -2.27. The van der Waals surface area contributed by atoms with Crippen LogP contribution in [0.3, 0.4) is 0 Å². The van der Waals surface area contributed by atoms with Crippen LogP contribution in [0, 0.1) is 5.92 Å². The molecule has 1 aromatic rings. The molecule has 0 bridgehead atoms. The average molecular weight is 260 g/mol. The number of hydrogen-bond donors (Lipinski definition) is 2. The highest BCUT2D eigenvalue weighted by Gasteiger charge is 2.17. The summed E-state index contributed by atoms with van der Waals surface area (Å²) in [6.07, 6.45) is 6.55. The summed E-state index contributed by atoms with van der Waals surface area (Å²) in [5.74, 6) is 0.725. The highest BCUT2D eigenvalue weighted by molar-refractivity contribution is 5.53. The molecule has 2 N–H and O–H groups in total. The van der Waals surface area contributed by atoms with Gasteiger partial charge >= 0.3 is 0 Å². The zero-order valence-electron chi connectivity index (χ0n) is 12.4. The molecule has 1 aromatic carbocycles. The number of rotatable bonds is 7. The van der Waals surface area contributed by atoms with Crippen LogP contribution in [0.4, 0.5) is 5.69 Å². The Balaban J connectivity index is 1.70. The molecule has 2 heteroatoms. The van der Waals surface area contributed by atoms with Crippen molar-refractivity contribution in [2.75, 3.05) is 18.4 Å². The topological polar surface area (TPSA) is 24.1 Å². The molecule has 0 saturated heterocycles. The van der Waals surface area contributed by atoms with Gasteiger partial charge in [0, 0.05) is 24.8 Å². The van der Waals surface area contributed by atoms with E-state index in [-0.39, 0.29) is 0 Å². The first kappa shape index (κ1) is 14.4. The standard InChI is InChI=1S/C17H28N2/c1-3-4-5-8-14(2)18-12-15-11-16-9-6-7-10-17(16)19-13-15/h6-7,9-10,14-15,18-19H,3-5,8,11-13H2,1-2H3. The minimum absolute atomic E-state index is 0.656. The van der Waals surface area contributed by atoms with Crippen molar-refractivity contribution in [1.29, 1.82) is 0 Å². The van der Waals surface area contributed by atoms with Crippen LogP contribution < -0.4 is 10.6 Å². The summed E-state index contributed by atoms with van der Waals surface area (Å²) >= 11 is 0. The fourth-order valence-electron chi connectivity index (χ4n) is 2.82. The van der Waals surface area contributed by atoms with Crippen molar-refractivity contribution in [2.45, 2.75) is 52.0 Å². The third-order valence-corrected chi connectivity index (χ3v) is 4.10. The van der Waals surface area contributed by atoms with E-state index in [1.165, 1.54) is 43.4 Å². The third-order valence-electron chi connectivity index (χ3n) is 4.10. The van der Waals surface area contributed by atoms with Gasteiger partial charge < -0.3 is 10.6 Å². The number of para-hydroxylation sites is 1. The first-order chi connectivity index (χ1) is 9.29. The molecule has 2 nitrogen and oxygen atoms in total. The molecule has 2 atom stereocenters. The van der Waals surface area contributed by atoms with Crippen molar-refractivity contribution in [3.63, 3.8) is 0 Å². The van der Waals surface area contributed by atoms with Gasteiger partial charge in [-0.25, -0.2) is 0 Å². The first-order valence-electron chi connectivity index (χ1n) is 7.84. The molecule has 0 radical (unpaired) electrons. The Labute approximate surface area is 118 Å². The molecular weight excluding hydrogens is 232 g/mol. The second-order valence-corrected chi connectivity index (χ2v) is 5.91. The smallest absolute Gasteiger partial charge is 0.0372 e. The largest absolute Gasteiger partial charge is 0.384 e. The van der Waals surface area contributed by atoms with Gasteiger partial charge in [0.2, 0.25) is 0 Å². The number of unbranched alkanes of at least 4 members (excludes halogenated alkanes) is 2. The summed E-state index contributed by atoms with van der Waals surface area (Å²) in [6, 6.07) is 9.35. The summed E-state index contributed by atoms with van der Waals surface area (Å²) in [4.78, 5) is 0. The van der Waals surface area contributed by atoms with Gasteiger partial charge in [-0.05, 0) is 37.3 Å². The lowest BCUT2D eigenvalue weighted by molar-refractivity contribution is 0.420. The second kappa shape index (κ2) is 7.54. The molecular formula is C17H28N2. The number of anilines is 1. The van der Waals surface area contributed by atoms with Crippen LogP contribution in [0.1, 0.15) is 45.1 Å². The molecule has 19 heavy (non-hydrogen) atoms. The van der Waals surface area contributed by atoms with Gasteiger partial charge in [-0.2, -0.15) is 0 Å². The first-order valence-corrected chi connectivity index (χ1v) is 7.84. The number of benzene rings is 1. The van der Waals surface area contributed by atoms with Gasteiger partial charge in [0.15, 0.2) is 0 Å². The summed E-state index contributed by atoms with van der Waals surface area (Å²) < 4.78 is 0. The predicted molar refractivity (Wildman–Crippen MR) is 83.7 cm³/mol. The highest BCUT2D eigenvalue weighted by atomic mass is 14.9. The minimum atomic E-state index is 0.656. The summed E-state index contributed by atoms with van der Waals surface area (Å²) in [7, 11) is 0. The monoisotopic (exact) mass is 260 g/mol. The molecule has 0 fully saturated rings. The lowest BCUT2D eigenvalue weighted by Crippen LogP contribution is -2.36. The van der Waals surface area contributed by atoms with Crippen molar-refractivity contribution < 1.29 is 0 Å². The zero-order valence-corrected chi connectivity index (χ0v) is 12.4. The van der Waals surface area contributed by atoms with E-state index in [0.29, 0.717) is 6.04 Å². The Morgan fingerprint density at radius 3 is 3.00 bits per heavy atom. The maximum absolute atomic E-state index is 3.70. The predicted octanol–water partition coefficient (Wildman–Crippen LogP) is 3.83.